The molecule has 1 unspecified atom stereocenters. The first-order valence-electron chi connectivity index (χ1n) is 5.41. The molecule has 1 aromatic rings. The van der Waals surface area contributed by atoms with Gasteiger partial charge in [0.25, 0.3) is 0 Å². The molecule has 0 aliphatic carbocycles. The Morgan fingerprint density at radius 3 is 2.89 bits per heavy atom. The van der Waals surface area contributed by atoms with Gasteiger partial charge >= 0.3 is 6.18 Å². The molecular formula is C11H11F3N2O2. The number of amides is 1. The maximum atomic E-state index is 12.6. The summed E-state index contributed by atoms with van der Waals surface area (Å²) in [6.45, 7) is -0.00810. The van der Waals surface area contributed by atoms with Crippen LogP contribution in [0, 0.1) is 0 Å². The van der Waals surface area contributed by atoms with Gasteiger partial charge in [-0.3, -0.25) is 4.79 Å². The van der Waals surface area contributed by atoms with Gasteiger partial charge in [-0.1, -0.05) is 0 Å². The standard InChI is InChI=1S/C11H11F3N2O2/c12-11(13,14)8-2-1-5-15-10(8)18-6-7-3-4-9(17)16-7/h1-2,5,7H,3-4,6H2,(H,16,17). The molecule has 1 N–H and O–H groups in total. The van der Waals surface area contributed by atoms with Crippen LogP contribution >= 0.6 is 0 Å². The summed E-state index contributed by atoms with van der Waals surface area (Å²) in [4.78, 5) is 14.5. The Bertz CT molecular complexity index is 448. The predicted octanol–water partition coefficient (Wildman–Crippen LogP) is 1.76. The molecule has 2 rings (SSSR count). The van der Waals surface area contributed by atoms with E-state index in [1.54, 1.807) is 0 Å². The van der Waals surface area contributed by atoms with Crippen molar-refractivity contribution in [2.24, 2.45) is 0 Å². The van der Waals surface area contributed by atoms with Crippen LogP contribution in [0.3, 0.4) is 0 Å². The molecule has 0 radical (unpaired) electrons. The number of nitrogens with one attached hydrogen (secondary N) is 1. The smallest absolute Gasteiger partial charge is 0.421 e. The second kappa shape index (κ2) is 4.83. The van der Waals surface area contributed by atoms with Crippen molar-refractivity contribution in [1.82, 2.24) is 10.3 Å². The van der Waals surface area contributed by atoms with Gasteiger partial charge in [0.05, 0.1) is 6.04 Å². The molecule has 4 nitrogen and oxygen atoms in total. The average Bonchev–Trinajstić information content (AvgIpc) is 2.72. The molecule has 7 heteroatoms. The van der Waals surface area contributed by atoms with Crippen molar-refractivity contribution >= 4 is 5.91 Å². The summed E-state index contributed by atoms with van der Waals surface area (Å²) in [7, 11) is 0. The fraction of sp³-hybridized carbons (Fsp3) is 0.455. The lowest BCUT2D eigenvalue weighted by Gasteiger charge is -2.15. The lowest BCUT2D eigenvalue weighted by atomic mass is 10.2. The fourth-order valence-electron chi connectivity index (χ4n) is 1.70. The molecule has 98 valence electrons. The van der Waals surface area contributed by atoms with Crippen molar-refractivity contribution in [1.29, 1.82) is 0 Å². The molecule has 0 saturated carbocycles. The Kier molecular flexibility index (Phi) is 3.40. The van der Waals surface area contributed by atoms with Crippen LogP contribution in [0.5, 0.6) is 5.88 Å². The maximum absolute atomic E-state index is 12.6. The first kappa shape index (κ1) is 12.7. The van der Waals surface area contributed by atoms with Crippen molar-refractivity contribution in [3.8, 4) is 5.88 Å². The molecule has 1 aromatic heterocycles. The zero-order chi connectivity index (χ0) is 13.2. The molecular weight excluding hydrogens is 249 g/mol. The van der Waals surface area contributed by atoms with Crippen LogP contribution < -0.4 is 10.1 Å². The highest BCUT2D eigenvalue weighted by atomic mass is 19.4. The molecule has 0 aromatic carbocycles. The largest absolute Gasteiger partial charge is 0.475 e. The lowest BCUT2D eigenvalue weighted by molar-refractivity contribution is -0.139. The van der Waals surface area contributed by atoms with Crippen LogP contribution in [0.2, 0.25) is 0 Å². The number of carbonyl (C=O) groups is 1. The van der Waals surface area contributed by atoms with E-state index >= 15 is 0 Å². The summed E-state index contributed by atoms with van der Waals surface area (Å²) in [5.74, 6) is -0.563. The summed E-state index contributed by atoms with van der Waals surface area (Å²) in [5.41, 5.74) is -0.908. The Hall–Kier alpha value is -1.79. The number of pyridine rings is 1. The normalized spacial score (nSPS) is 19.7. The van der Waals surface area contributed by atoms with Crippen LogP contribution in [-0.4, -0.2) is 23.5 Å². The summed E-state index contributed by atoms with van der Waals surface area (Å²) < 4.78 is 42.9. The van der Waals surface area contributed by atoms with Gasteiger partial charge in [-0.15, -0.1) is 0 Å². The third-order valence-electron chi connectivity index (χ3n) is 2.58. The minimum atomic E-state index is -4.50. The van der Waals surface area contributed by atoms with Gasteiger partial charge in [0, 0.05) is 12.6 Å². The second-order valence-corrected chi connectivity index (χ2v) is 3.97. The van der Waals surface area contributed by atoms with E-state index in [-0.39, 0.29) is 18.6 Å². The Balaban J connectivity index is 2.03. The van der Waals surface area contributed by atoms with Crippen molar-refractivity contribution in [2.45, 2.75) is 25.1 Å². The minimum absolute atomic E-state index is 0.00810. The number of alkyl halides is 3. The van der Waals surface area contributed by atoms with Crippen LogP contribution in [-0.2, 0) is 11.0 Å². The van der Waals surface area contributed by atoms with E-state index in [0.717, 1.165) is 6.07 Å². The van der Waals surface area contributed by atoms with Crippen LogP contribution in [0.4, 0.5) is 13.2 Å². The maximum Gasteiger partial charge on any atom is 0.421 e. The summed E-state index contributed by atoms with van der Waals surface area (Å²) in [6.07, 6.45) is -2.32. The van der Waals surface area contributed by atoms with E-state index in [1.807, 2.05) is 0 Å². The molecule has 1 fully saturated rings. The number of carbonyl (C=O) groups excluding carboxylic acids is 1. The summed E-state index contributed by atoms with van der Waals surface area (Å²) in [6, 6.07) is 1.86. The highest BCUT2D eigenvalue weighted by molar-refractivity contribution is 5.78. The van der Waals surface area contributed by atoms with Crippen LogP contribution in [0.15, 0.2) is 18.3 Å². The number of ether oxygens (including phenoxy) is 1. The molecule has 1 aliphatic rings. The Labute approximate surface area is 101 Å². The molecule has 0 bridgehead atoms. The van der Waals surface area contributed by atoms with E-state index in [9.17, 15) is 18.0 Å². The molecule has 1 atom stereocenters. The van der Waals surface area contributed by atoms with E-state index in [2.05, 4.69) is 10.3 Å². The minimum Gasteiger partial charge on any atom is -0.475 e. The zero-order valence-corrected chi connectivity index (χ0v) is 9.33. The van der Waals surface area contributed by atoms with Gasteiger partial charge in [0.1, 0.15) is 12.2 Å². The van der Waals surface area contributed by atoms with Crippen LogP contribution in [0.25, 0.3) is 0 Å². The molecule has 18 heavy (non-hydrogen) atoms. The van der Waals surface area contributed by atoms with E-state index < -0.39 is 17.6 Å². The number of hydrogen-bond donors (Lipinski definition) is 1. The number of rotatable bonds is 3. The van der Waals surface area contributed by atoms with E-state index in [4.69, 9.17) is 4.74 Å². The highest BCUT2D eigenvalue weighted by Gasteiger charge is 2.35. The van der Waals surface area contributed by atoms with Gasteiger partial charge in [-0.2, -0.15) is 13.2 Å². The Morgan fingerprint density at radius 1 is 1.50 bits per heavy atom. The first-order chi connectivity index (χ1) is 8.47. The third-order valence-corrected chi connectivity index (χ3v) is 2.58. The highest BCUT2D eigenvalue weighted by Crippen LogP contribution is 2.34. The predicted molar refractivity (Wildman–Crippen MR) is 55.9 cm³/mol. The monoisotopic (exact) mass is 260 g/mol. The number of aromatic nitrogens is 1. The van der Waals surface area contributed by atoms with E-state index in [0.29, 0.717) is 12.8 Å². The molecule has 1 amide bonds. The molecule has 1 saturated heterocycles. The second-order valence-electron chi connectivity index (χ2n) is 3.97. The van der Waals surface area contributed by atoms with Gasteiger partial charge < -0.3 is 10.1 Å². The quantitative estimate of drug-likeness (QED) is 0.900. The molecule has 1 aliphatic heterocycles. The van der Waals surface area contributed by atoms with E-state index in [1.165, 1.54) is 12.3 Å². The van der Waals surface area contributed by atoms with Gasteiger partial charge in [0.2, 0.25) is 11.8 Å². The first-order valence-corrected chi connectivity index (χ1v) is 5.41. The lowest BCUT2D eigenvalue weighted by Crippen LogP contribution is -2.31. The van der Waals surface area contributed by atoms with Gasteiger partial charge in [0.15, 0.2) is 0 Å². The van der Waals surface area contributed by atoms with Gasteiger partial charge in [-0.05, 0) is 18.6 Å². The van der Waals surface area contributed by atoms with Crippen LogP contribution in [0.1, 0.15) is 18.4 Å². The van der Waals surface area contributed by atoms with Crippen molar-refractivity contribution < 1.29 is 22.7 Å². The fourth-order valence-corrected chi connectivity index (χ4v) is 1.70. The summed E-state index contributed by atoms with van der Waals surface area (Å²) >= 11 is 0. The third kappa shape index (κ3) is 2.91. The van der Waals surface area contributed by atoms with Crippen molar-refractivity contribution in [2.75, 3.05) is 6.61 Å². The molecule has 2 heterocycles. The SMILES string of the molecule is O=C1CCC(COc2ncccc2C(F)(F)F)N1. The average molecular weight is 260 g/mol. The van der Waals surface area contributed by atoms with Gasteiger partial charge in [-0.25, -0.2) is 4.98 Å². The summed E-state index contributed by atoms with van der Waals surface area (Å²) in [5, 5.41) is 2.61. The Morgan fingerprint density at radius 2 is 2.28 bits per heavy atom. The zero-order valence-electron chi connectivity index (χ0n) is 9.33. The number of nitrogens with zero attached hydrogens (tertiary/aromatic N) is 1. The molecule has 0 spiro atoms. The van der Waals surface area contributed by atoms with Crippen molar-refractivity contribution in [3.05, 3.63) is 23.9 Å². The number of halogens is 3. The number of hydrogen-bond acceptors (Lipinski definition) is 3. The van der Waals surface area contributed by atoms with Crippen molar-refractivity contribution in [3.63, 3.8) is 0 Å². The topological polar surface area (TPSA) is 51.2 Å².